The van der Waals surface area contributed by atoms with Gasteiger partial charge in [0.05, 0.1) is 15.8 Å². The minimum absolute atomic E-state index is 0.00793. The highest BCUT2D eigenvalue weighted by Crippen LogP contribution is 2.35. The molecule has 4 aromatic rings. The number of non-ortho nitro benzene ring substituents is 1. The topological polar surface area (TPSA) is 144 Å². The molecule has 0 radical (unpaired) electrons. The van der Waals surface area contributed by atoms with E-state index in [1.54, 1.807) is 24.3 Å². The Bertz CT molecular complexity index is 1720. The summed E-state index contributed by atoms with van der Waals surface area (Å²) >= 11 is 1.29. The van der Waals surface area contributed by atoms with Crippen molar-refractivity contribution >= 4 is 34.3 Å². The first-order valence-electron chi connectivity index (χ1n) is 12.8. The Hall–Kier alpha value is -4.78. The largest absolute Gasteiger partial charge is 0.454 e. The highest BCUT2D eigenvalue weighted by atomic mass is 32.2. The minimum Gasteiger partial charge on any atom is -0.454 e. The molecule has 13 heteroatoms. The molecule has 2 aliphatic rings. The van der Waals surface area contributed by atoms with Gasteiger partial charge in [-0.1, -0.05) is 30.0 Å². The second kappa shape index (κ2) is 11.4. The Kier molecular flexibility index (Phi) is 7.33. The Morgan fingerprint density at radius 1 is 0.976 bits per heavy atom. The number of hydrogen-bond acceptors (Lipinski definition) is 10. The number of carbonyl (C=O) groups excluding carboxylic acids is 1. The first-order valence-corrected chi connectivity index (χ1v) is 13.8. The number of rotatable bonds is 10. The quantitative estimate of drug-likeness (QED) is 0.127. The van der Waals surface area contributed by atoms with Crippen molar-refractivity contribution in [3.63, 3.8) is 0 Å². The van der Waals surface area contributed by atoms with Crippen molar-refractivity contribution in [3.05, 3.63) is 86.2 Å². The molecule has 12 nitrogen and oxygen atoms in total. The lowest BCUT2D eigenvalue weighted by atomic mass is 10.2. The molecule has 0 unspecified atom stereocenters. The van der Waals surface area contributed by atoms with Gasteiger partial charge in [-0.05, 0) is 35.7 Å². The smallest absolute Gasteiger partial charge is 0.269 e. The molecule has 2 aliphatic heterocycles. The van der Waals surface area contributed by atoms with Gasteiger partial charge in [-0.3, -0.25) is 24.3 Å². The molecule has 0 saturated heterocycles. The summed E-state index contributed by atoms with van der Waals surface area (Å²) in [4.78, 5) is 41.6. The van der Waals surface area contributed by atoms with Gasteiger partial charge in [-0.25, -0.2) is 4.98 Å². The summed E-state index contributed by atoms with van der Waals surface area (Å²) in [6.07, 6.45) is 0.597. The third kappa shape index (κ3) is 5.75. The van der Waals surface area contributed by atoms with E-state index in [-0.39, 0.29) is 43.7 Å². The molecule has 0 bridgehead atoms. The molecule has 3 aromatic carbocycles. The summed E-state index contributed by atoms with van der Waals surface area (Å²) in [5.74, 6) is 2.52. The normalized spacial score (nSPS) is 13.0. The van der Waals surface area contributed by atoms with Crippen LogP contribution in [0.2, 0.25) is 0 Å². The predicted octanol–water partition coefficient (Wildman–Crippen LogP) is 4.15. The average Bonchev–Trinajstić information content (AvgIpc) is 3.64. The molecule has 1 amide bonds. The minimum atomic E-state index is -0.446. The van der Waals surface area contributed by atoms with Crippen LogP contribution < -0.4 is 29.8 Å². The van der Waals surface area contributed by atoms with Gasteiger partial charge in [-0.15, -0.1) is 0 Å². The Labute approximate surface area is 237 Å². The third-order valence-corrected chi connectivity index (χ3v) is 7.66. The van der Waals surface area contributed by atoms with Gasteiger partial charge in [-0.2, -0.15) is 0 Å². The lowest BCUT2D eigenvalue weighted by Crippen LogP contribution is -2.26. The van der Waals surface area contributed by atoms with Crippen molar-refractivity contribution in [1.29, 1.82) is 0 Å². The molecular weight excluding hydrogens is 552 g/mol. The van der Waals surface area contributed by atoms with E-state index < -0.39 is 4.92 Å². The fourth-order valence-corrected chi connectivity index (χ4v) is 5.51. The van der Waals surface area contributed by atoms with E-state index in [0.717, 1.165) is 11.1 Å². The van der Waals surface area contributed by atoms with Crippen molar-refractivity contribution in [1.82, 2.24) is 14.9 Å². The molecule has 210 valence electrons. The fraction of sp³-hybridized carbons (Fsp3) is 0.250. The van der Waals surface area contributed by atoms with Crippen LogP contribution >= 0.6 is 11.8 Å². The monoisotopic (exact) mass is 576 g/mol. The number of nitro groups is 1. The molecule has 1 aromatic heterocycles. The molecule has 0 atom stereocenters. The second-order valence-corrected chi connectivity index (χ2v) is 10.3. The van der Waals surface area contributed by atoms with Crippen molar-refractivity contribution < 1.29 is 28.7 Å². The number of ether oxygens (including phenoxy) is 4. The van der Waals surface area contributed by atoms with Gasteiger partial charge in [0.25, 0.3) is 11.2 Å². The lowest BCUT2D eigenvalue weighted by molar-refractivity contribution is -0.384. The molecule has 0 aliphatic carbocycles. The summed E-state index contributed by atoms with van der Waals surface area (Å²) in [5, 5.41) is 14.9. The first kappa shape index (κ1) is 26.4. The Morgan fingerprint density at radius 2 is 1.73 bits per heavy atom. The van der Waals surface area contributed by atoms with Crippen molar-refractivity contribution in [2.75, 3.05) is 13.6 Å². The second-order valence-electron chi connectivity index (χ2n) is 9.36. The van der Waals surface area contributed by atoms with E-state index in [0.29, 0.717) is 57.8 Å². The van der Waals surface area contributed by atoms with E-state index in [4.69, 9.17) is 23.9 Å². The number of hydrogen-bond donors (Lipinski definition) is 1. The summed E-state index contributed by atoms with van der Waals surface area (Å²) in [6, 6.07) is 15.1. The van der Waals surface area contributed by atoms with E-state index in [1.807, 2.05) is 18.2 Å². The van der Waals surface area contributed by atoms with Gasteiger partial charge < -0.3 is 24.3 Å². The van der Waals surface area contributed by atoms with Crippen LogP contribution in [0.3, 0.4) is 0 Å². The molecule has 0 spiro atoms. The number of aromatic nitrogens is 2. The number of thioether (sulfide) groups is 1. The molecule has 1 N–H and O–H groups in total. The maximum absolute atomic E-state index is 13.6. The molecule has 0 saturated carbocycles. The first-order chi connectivity index (χ1) is 19.9. The highest BCUT2D eigenvalue weighted by Gasteiger charge is 2.20. The van der Waals surface area contributed by atoms with Gasteiger partial charge in [0.2, 0.25) is 19.5 Å². The third-order valence-electron chi connectivity index (χ3n) is 6.62. The van der Waals surface area contributed by atoms with Crippen LogP contribution in [-0.4, -0.2) is 34.0 Å². The van der Waals surface area contributed by atoms with Gasteiger partial charge in [0.1, 0.15) is 0 Å². The number of carbonyl (C=O) groups is 1. The molecule has 0 fully saturated rings. The van der Waals surface area contributed by atoms with Crippen LogP contribution in [-0.2, 0) is 23.6 Å². The van der Waals surface area contributed by atoms with E-state index in [2.05, 4.69) is 5.32 Å². The van der Waals surface area contributed by atoms with Crippen LogP contribution in [0.5, 0.6) is 23.0 Å². The van der Waals surface area contributed by atoms with Gasteiger partial charge >= 0.3 is 0 Å². The Balaban J connectivity index is 1.17. The van der Waals surface area contributed by atoms with E-state index in [1.165, 1.54) is 28.5 Å². The summed E-state index contributed by atoms with van der Waals surface area (Å²) in [6.45, 7) is 0.841. The SMILES string of the molecule is O=C(CCCn1c(SCc2cccc([N+](=O)[O-])c2)nc2cc3c(cc2c1=O)OCO3)NCc1ccc2c(c1)OCO2. The van der Waals surface area contributed by atoms with Crippen LogP contribution in [0.25, 0.3) is 10.9 Å². The zero-order valence-corrected chi connectivity index (χ0v) is 22.5. The van der Waals surface area contributed by atoms with Crippen LogP contribution in [0, 0.1) is 10.1 Å². The summed E-state index contributed by atoms with van der Waals surface area (Å²) in [7, 11) is 0. The van der Waals surface area contributed by atoms with Crippen LogP contribution in [0.4, 0.5) is 5.69 Å². The van der Waals surface area contributed by atoms with Crippen molar-refractivity contribution in [3.8, 4) is 23.0 Å². The molecular formula is C28H24N4O8S. The molecule has 6 rings (SSSR count). The zero-order valence-electron chi connectivity index (χ0n) is 21.7. The van der Waals surface area contributed by atoms with Gasteiger partial charge in [0.15, 0.2) is 28.2 Å². The highest BCUT2D eigenvalue weighted by molar-refractivity contribution is 7.98. The van der Waals surface area contributed by atoms with E-state index >= 15 is 0 Å². The summed E-state index contributed by atoms with van der Waals surface area (Å²) < 4.78 is 23.1. The van der Waals surface area contributed by atoms with Crippen molar-refractivity contribution in [2.24, 2.45) is 0 Å². The lowest BCUT2D eigenvalue weighted by Gasteiger charge is -2.14. The van der Waals surface area contributed by atoms with Gasteiger partial charge in [0, 0.05) is 43.5 Å². The average molecular weight is 577 g/mol. The fourth-order valence-electron chi connectivity index (χ4n) is 4.54. The Morgan fingerprint density at radius 3 is 2.54 bits per heavy atom. The van der Waals surface area contributed by atoms with E-state index in [9.17, 15) is 19.7 Å². The standard InChI is InChI=1S/C28H24N4O8S/c33-26(29-13-17-6-7-22-23(10-17)38-15-37-22)5-2-8-31-27(34)20-11-24-25(40-16-39-24)12-21(20)30-28(31)41-14-18-3-1-4-19(9-18)32(35)36/h1,3-4,6-7,9-12H,2,5,8,13-16H2,(H,29,33). The number of benzene rings is 3. The summed E-state index contributed by atoms with van der Waals surface area (Å²) in [5.41, 5.74) is 1.79. The number of nitrogens with one attached hydrogen (secondary N) is 1. The maximum atomic E-state index is 13.6. The molecule has 3 heterocycles. The zero-order chi connectivity index (χ0) is 28.3. The maximum Gasteiger partial charge on any atom is 0.269 e. The van der Waals surface area contributed by atoms with Crippen molar-refractivity contribution in [2.45, 2.75) is 36.8 Å². The molecule has 41 heavy (non-hydrogen) atoms. The number of fused-ring (bicyclic) bond motifs is 3. The predicted molar refractivity (Wildman–Crippen MR) is 148 cm³/mol. The number of amides is 1. The number of nitrogens with zero attached hydrogens (tertiary/aromatic N) is 3. The number of nitro benzene ring substituents is 1. The van der Waals surface area contributed by atoms with Crippen LogP contribution in [0.15, 0.2) is 64.5 Å². The van der Waals surface area contributed by atoms with Crippen LogP contribution in [0.1, 0.15) is 24.0 Å².